The van der Waals surface area contributed by atoms with Crippen LogP contribution in [0.5, 0.6) is 5.75 Å². The van der Waals surface area contributed by atoms with E-state index >= 15 is 0 Å². The molecule has 0 saturated carbocycles. The molecule has 1 N–H and O–H groups in total. The van der Waals surface area contributed by atoms with Crippen molar-refractivity contribution in [3.8, 4) is 5.75 Å². The van der Waals surface area contributed by atoms with E-state index in [0.29, 0.717) is 12.0 Å². The molecule has 1 saturated heterocycles. The molecule has 0 aliphatic carbocycles. The first-order valence-corrected chi connectivity index (χ1v) is 8.20. The normalized spacial score (nSPS) is 20.4. The van der Waals surface area contributed by atoms with Gasteiger partial charge < -0.3 is 10.1 Å². The molecule has 1 aromatic carbocycles. The van der Waals surface area contributed by atoms with E-state index in [1.54, 1.807) is 0 Å². The van der Waals surface area contributed by atoms with Crippen molar-refractivity contribution in [3.63, 3.8) is 0 Å². The van der Waals surface area contributed by atoms with Gasteiger partial charge in [0.1, 0.15) is 5.75 Å². The van der Waals surface area contributed by atoms with Crippen LogP contribution in [0.1, 0.15) is 12.0 Å². The zero-order chi connectivity index (χ0) is 15.5. The number of carbonyl (C=O) groups excluding carboxylic acids is 1. The fourth-order valence-corrected chi connectivity index (χ4v) is 3.84. The van der Waals surface area contributed by atoms with Gasteiger partial charge in [-0.25, -0.2) is 8.42 Å². The molecule has 0 spiro atoms. The largest absolute Gasteiger partial charge is 0.435 e. The molecular formula is C13H15F2NO4S. The number of halogens is 2. The quantitative estimate of drug-likeness (QED) is 0.883. The van der Waals surface area contributed by atoms with Gasteiger partial charge in [0, 0.05) is 6.04 Å². The lowest BCUT2D eigenvalue weighted by Crippen LogP contribution is -2.36. The van der Waals surface area contributed by atoms with Gasteiger partial charge in [0.25, 0.3) is 0 Å². The van der Waals surface area contributed by atoms with Gasteiger partial charge in [-0.05, 0) is 24.1 Å². The van der Waals surface area contributed by atoms with E-state index < -0.39 is 16.4 Å². The maximum absolute atomic E-state index is 12.0. The second-order valence-corrected chi connectivity index (χ2v) is 7.10. The highest BCUT2D eigenvalue weighted by Gasteiger charge is 2.28. The van der Waals surface area contributed by atoms with Crippen LogP contribution in [-0.2, 0) is 21.1 Å². The van der Waals surface area contributed by atoms with Gasteiger partial charge in [-0.1, -0.05) is 12.1 Å². The first-order chi connectivity index (χ1) is 9.84. The minimum Gasteiger partial charge on any atom is -0.435 e. The SMILES string of the molecule is O=C(Cc1ccc(OC(F)F)cc1)N[C@H]1CCS(=O)(=O)C1. The highest BCUT2D eigenvalue weighted by molar-refractivity contribution is 7.91. The van der Waals surface area contributed by atoms with Crippen LogP contribution < -0.4 is 10.1 Å². The summed E-state index contributed by atoms with van der Waals surface area (Å²) in [4.78, 5) is 11.8. The lowest BCUT2D eigenvalue weighted by molar-refractivity contribution is -0.121. The van der Waals surface area contributed by atoms with Crippen molar-refractivity contribution in [1.82, 2.24) is 5.32 Å². The lowest BCUT2D eigenvalue weighted by Gasteiger charge is -2.11. The van der Waals surface area contributed by atoms with Crippen LogP contribution in [0.2, 0.25) is 0 Å². The number of sulfone groups is 1. The minimum atomic E-state index is -3.03. The molecule has 1 aromatic rings. The topological polar surface area (TPSA) is 72.5 Å². The monoisotopic (exact) mass is 319 g/mol. The Balaban J connectivity index is 1.85. The highest BCUT2D eigenvalue weighted by Crippen LogP contribution is 2.16. The molecular weight excluding hydrogens is 304 g/mol. The Hall–Kier alpha value is -1.70. The van der Waals surface area contributed by atoms with Gasteiger partial charge in [0.05, 0.1) is 17.9 Å². The number of alkyl halides is 2. The minimum absolute atomic E-state index is 0.0241. The Morgan fingerprint density at radius 3 is 2.52 bits per heavy atom. The fourth-order valence-electron chi connectivity index (χ4n) is 2.16. The first kappa shape index (κ1) is 15.7. The van der Waals surface area contributed by atoms with E-state index in [1.165, 1.54) is 24.3 Å². The van der Waals surface area contributed by atoms with Gasteiger partial charge >= 0.3 is 6.61 Å². The van der Waals surface area contributed by atoms with Crippen LogP contribution in [0.15, 0.2) is 24.3 Å². The van der Waals surface area contributed by atoms with E-state index in [2.05, 4.69) is 10.1 Å². The fraction of sp³-hybridized carbons (Fsp3) is 0.462. The molecule has 5 nitrogen and oxygen atoms in total. The summed E-state index contributed by atoms with van der Waals surface area (Å²) in [5.74, 6) is -0.201. The second kappa shape index (κ2) is 6.38. The third-order valence-electron chi connectivity index (χ3n) is 3.11. The van der Waals surface area contributed by atoms with Crippen LogP contribution in [0, 0.1) is 0 Å². The molecule has 1 atom stereocenters. The number of hydrogen-bond acceptors (Lipinski definition) is 4. The first-order valence-electron chi connectivity index (χ1n) is 6.37. The summed E-state index contributed by atoms with van der Waals surface area (Å²) < 4.78 is 50.7. The average Bonchev–Trinajstić information content (AvgIpc) is 2.70. The maximum Gasteiger partial charge on any atom is 0.387 e. The van der Waals surface area contributed by atoms with Crippen molar-refractivity contribution >= 4 is 15.7 Å². The zero-order valence-electron chi connectivity index (χ0n) is 11.1. The van der Waals surface area contributed by atoms with Crippen LogP contribution >= 0.6 is 0 Å². The van der Waals surface area contributed by atoms with Crippen LogP contribution in [-0.4, -0.2) is 38.5 Å². The average molecular weight is 319 g/mol. The predicted octanol–water partition coefficient (Wildman–Crippen LogP) is 1.13. The molecule has 21 heavy (non-hydrogen) atoms. The molecule has 116 valence electrons. The summed E-state index contributed by atoms with van der Waals surface area (Å²) in [6.45, 7) is -2.89. The Kier molecular flexibility index (Phi) is 4.76. The number of hydrogen-bond donors (Lipinski definition) is 1. The summed E-state index contributed by atoms with van der Waals surface area (Å²) >= 11 is 0. The van der Waals surface area contributed by atoms with Crippen molar-refractivity contribution in [3.05, 3.63) is 29.8 Å². The van der Waals surface area contributed by atoms with Crippen LogP contribution in [0.4, 0.5) is 8.78 Å². The molecule has 8 heteroatoms. The molecule has 0 unspecified atom stereocenters. The van der Waals surface area contributed by atoms with Crippen molar-refractivity contribution in [2.75, 3.05) is 11.5 Å². The number of nitrogens with one attached hydrogen (secondary N) is 1. The number of rotatable bonds is 5. The van der Waals surface area contributed by atoms with Crippen molar-refractivity contribution in [2.45, 2.75) is 25.5 Å². The summed E-state index contributed by atoms with van der Waals surface area (Å²) in [5, 5.41) is 2.66. The molecule has 1 fully saturated rings. The summed E-state index contributed by atoms with van der Waals surface area (Å²) in [7, 11) is -3.03. The Bertz CT molecular complexity index is 601. The second-order valence-electron chi connectivity index (χ2n) is 4.87. The number of amides is 1. The number of ether oxygens (including phenoxy) is 1. The Morgan fingerprint density at radius 2 is 2.00 bits per heavy atom. The van der Waals surface area contributed by atoms with Crippen molar-refractivity contribution in [1.29, 1.82) is 0 Å². The molecule has 0 aromatic heterocycles. The Morgan fingerprint density at radius 1 is 1.33 bits per heavy atom. The molecule has 1 aliphatic heterocycles. The standard InChI is InChI=1S/C13H15F2NO4S/c14-13(15)20-11-3-1-9(2-4-11)7-12(17)16-10-5-6-21(18,19)8-10/h1-4,10,13H,5-8H2,(H,16,17)/t10-/m0/s1. The summed E-state index contributed by atoms with van der Waals surface area (Å²) in [5.41, 5.74) is 0.634. The summed E-state index contributed by atoms with van der Waals surface area (Å²) in [6.07, 6.45) is 0.487. The van der Waals surface area contributed by atoms with E-state index in [9.17, 15) is 22.0 Å². The molecule has 1 aliphatic rings. The van der Waals surface area contributed by atoms with Gasteiger partial charge in [-0.15, -0.1) is 0 Å². The van der Waals surface area contributed by atoms with Gasteiger partial charge in [0.2, 0.25) is 5.91 Å². The van der Waals surface area contributed by atoms with Gasteiger partial charge in [0.15, 0.2) is 9.84 Å². The predicted molar refractivity (Wildman–Crippen MR) is 72.0 cm³/mol. The number of benzene rings is 1. The molecule has 2 rings (SSSR count). The van der Waals surface area contributed by atoms with E-state index in [4.69, 9.17) is 0 Å². The molecule has 1 heterocycles. The summed E-state index contributed by atoms with van der Waals surface area (Å²) in [6, 6.07) is 5.40. The third-order valence-corrected chi connectivity index (χ3v) is 4.88. The van der Waals surface area contributed by atoms with Gasteiger partial charge in [-0.2, -0.15) is 8.78 Å². The lowest BCUT2D eigenvalue weighted by atomic mass is 10.1. The smallest absolute Gasteiger partial charge is 0.387 e. The highest BCUT2D eigenvalue weighted by atomic mass is 32.2. The zero-order valence-corrected chi connectivity index (χ0v) is 11.9. The van der Waals surface area contributed by atoms with Gasteiger partial charge in [-0.3, -0.25) is 4.79 Å². The molecule has 0 radical (unpaired) electrons. The van der Waals surface area contributed by atoms with Crippen molar-refractivity contribution in [2.24, 2.45) is 0 Å². The third kappa shape index (κ3) is 4.96. The number of carbonyl (C=O) groups is 1. The van der Waals surface area contributed by atoms with E-state index in [-0.39, 0.29) is 35.6 Å². The van der Waals surface area contributed by atoms with Crippen LogP contribution in [0.25, 0.3) is 0 Å². The Labute approximate surface area is 121 Å². The van der Waals surface area contributed by atoms with Crippen molar-refractivity contribution < 1.29 is 26.7 Å². The maximum atomic E-state index is 12.0. The van der Waals surface area contributed by atoms with E-state index in [0.717, 1.165) is 0 Å². The van der Waals surface area contributed by atoms with Crippen LogP contribution in [0.3, 0.4) is 0 Å². The molecule has 1 amide bonds. The molecule has 0 bridgehead atoms. The van der Waals surface area contributed by atoms with E-state index in [1.807, 2.05) is 0 Å².